The van der Waals surface area contributed by atoms with E-state index in [9.17, 15) is 14.9 Å². The highest BCUT2D eigenvalue weighted by molar-refractivity contribution is 5.80. The number of nitro groups is 1. The fourth-order valence-electron chi connectivity index (χ4n) is 1.88. The molecule has 1 amide bonds. The van der Waals surface area contributed by atoms with Crippen molar-refractivity contribution in [3.8, 4) is 0 Å². The van der Waals surface area contributed by atoms with Gasteiger partial charge in [-0.3, -0.25) is 14.9 Å². The molecule has 7 nitrogen and oxygen atoms in total. The van der Waals surface area contributed by atoms with Gasteiger partial charge in [0.05, 0.1) is 24.6 Å². The molecular formula is C14H20N2O5. The normalized spacial score (nSPS) is 10.4. The Morgan fingerprint density at radius 1 is 1.19 bits per heavy atom. The molecule has 0 spiro atoms. The molecule has 0 atom stereocenters. The summed E-state index contributed by atoms with van der Waals surface area (Å²) in [6.45, 7) is 1.68. The number of carbonyl (C=O) groups is 1. The van der Waals surface area contributed by atoms with Crippen LogP contribution in [0.2, 0.25) is 0 Å². The molecule has 1 rings (SSSR count). The van der Waals surface area contributed by atoms with Crippen molar-refractivity contribution >= 4 is 11.6 Å². The summed E-state index contributed by atoms with van der Waals surface area (Å²) in [5.41, 5.74) is 0.372. The van der Waals surface area contributed by atoms with Crippen LogP contribution in [0, 0.1) is 10.1 Å². The molecule has 0 unspecified atom stereocenters. The maximum atomic E-state index is 12.3. The number of rotatable bonds is 9. The van der Waals surface area contributed by atoms with Crippen LogP contribution in [0.5, 0.6) is 0 Å². The van der Waals surface area contributed by atoms with E-state index in [0.717, 1.165) is 0 Å². The lowest BCUT2D eigenvalue weighted by molar-refractivity contribution is -0.385. The molecule has 116 valence electrons. The molecule has 0 saturated heterocycles. The van der Waals surface area contributed by atoms with Gasteiger partial charge in [-0.15, -0.1) is 0 Å². The molecule has 0 aliphatic carbocycles. The first-order valence-electron chi connectivity index (χ1n) is 6.58. The summed E-state index contributed by atoms with van der Waals surface area (Å²) in [5, 5.41) is 11.0. The maximum absolute atomic E-state index is 12.3. The van der Waals surface area contributed by atoms with Crippen LogP contribution in [0.25, 0.3) is 0 Å². The fraction of sp³-hybridized carbons (Fsp3) is 0.500. The molecule has 0 heterocycles. The highest BCUT2D eigenvalue weighted by Gasteiger charge is 2.19. The highest BCUT2D eigenvalue weighted by Crippen LogP contribution is 2.18. The Balaban J connectivity index is 2.78. The molecule has 0 bridgehead atoms. The molecule has 7 heteroatoms. The standard InChI is InChI=1S/C14H20N2O5/c1-20-9-7-15(8-10-21-2)14(17)11-12-5-3-4-6-13(12)16(18)19/h3-6H,7-11H2,1-2H3. The van der Waals surface area contributed by atoms with Gasteiger partial charge in [0.25, 0.3) is 5.69 Å². The summed E-state index contributed by atoms with van der Waals surface area (Å²) in [6.07, 6.45) is -0.00934. The van der Waals surface area contributed by atoms with E-state index in [1.165, 1.54) is 6.07 Å². The number of ether oxygens (including phenoxy) is 2. The van der Waals surface area contributed by atoms with Crippen LogP contribution in [0.15, 0.2) is 24.3 Å². The molecule has 0 aromatic heterocycles. The van der Waals surface area contributed by atoms with Crippen LogP contribution in [0.3, 0.4) is 0 Å². The van der Waals surface area contributed by atoms with Crippen molar-refractivity contribution in [2.75, 3.05) is 40.5 Å². The first kappa shape index (κ1) is 17.1. The van der Waals surface area contributed by atoms with E-state index >= 15 is 0 Å². The predicted octanol–water partition coefficient (Wildman–Crippen LogP) is 1.26. The highest BCUT2D eigenvalue weighted by atomic mass is 16.6. The second kappa shape index (κ2) is 9.04. The fourth-order valence-corrected chi connectivity index (χ4v) is 1.88. The molecule has 1 aromatic rings. The van der Waals surface area contributed by atoms with Gasteiger partial charge in [0.15, 0.2) is 0 Å². The van der Waals surface area contributed by atoms with E-state index in [4.69, 9.17) is 9.47 Å². The van der Waals surface area contributed by atoms with Gasteiger partial charge in [0.2, 0.25) is 5.91 Å². The molecule has 0 saturated carbocycles. The van der Waals surface area contributed by atoms with Crippen molar-refractivity contribution in [2.45, 2.75) is 6.42 Å². The van der Waals surface area contributed by atoms with Gasteiger partial charge in [0, 0.05) is 38.9 Å². The van der Waals surface area contributed by atoms with Crippen molar-refractivity contribution in [1.82, 2.24) is 4.90 Å². The number of hydrogen-bond acceptors (Lipinski definition) is 5. The third-order valence-corrected chi connectivity index (χ3v) is 3.01. The summed E-state index contributed by atoms with van der Waals surface area (Å²) in [4.78, 5) is 24.4. The number of amides is 1. The zero-order valence-corrected chi connectivity index (χ0v) is 12.3. The number of hydrogen-bond donors (Lipinski definition) is 0. The minimum Gasteiger partial charge on any atom is -0.383 e. The van der Waals surface area contributed by atoms with Crippen LogP contribution in [-0.2, 0) is 20.7 Å². The zero-order chi connectivity index (χ0) is 15.7. The van der Waals surface area contributed by atoms with Crippen molar-refractivity contribution in [3.05, 3.63) is 39.9 Å². The Kier molecular flexibility index (Phi) is 7.34. The molecule has 0 aliphatic rings. The summed E-state index contributed by atoms with van der Waals surface area (Å²) in [7, 11) is 3.11. The largest absolute Gasteiger partial charge is 0.383 e. The van der Waals surface area contributed by atoms with Crippen LogP contribution in [0.4, 0.5) is 5.69 Å². The van der Waals surface area contributed by atoms with Gasteiger partial charge >= 0.3 is 0 Å². The Hall–Kier alpha value is -1.99. The lowest BCUT2D eigenvalue weighted by atomic mass is 10.1. The van der Waals surface area contributed by atoms with Crippen molar-refractivity contribution in [3.63, 3.8) is 0 Å². The summed E-state index contributed by atoms with van der Waals surface area (Å²) in [6, 6.07) is 6.27. The summed E-state index contributed by atoms with van der Waals surface area (Å²) in [5.74, 6) is -0.182. The van der Waals surface area contributed by atoms with Crippen molar-refractivity contribution in [2.24, 2.45) is 0 Å². The van der Waals surface area contributed by atoms with Crippen LogP contribution < -0.4 is 0 Å². The van der Waals surface area contributed by atoms with Crippen LogP contribution in [-0.4, -0.2) is 56.3 Å². The second-order valence-electron chi connectivity index (χ2n) is 4.43. The van der Waals surface area contributed by atoms with Crippen LogP contribution in [0.1, 0.15) is 5.56 Å². The molecule has 0 aliphatic heterocycles. The Labute approximate surface area is 123 Å². The molecule has 0 fully saturated rings. The third kappa shape index (κ3) is 5.49. The predicted molar refractivity (Wildman–Crippen MR) is 77.1 cm³/mol. The van der Waals surface area contributed by atoms with E-state index in [0.29, 0.717) is 31.9 Å². The number of para-hydroxylation sites is 1. The lowest BCUT2D eigenvalue weighted by Crippen LogP contribution is -2.37. The third-order valence-electron chi connectivity index (χ3n) is 3.01. The minimum absolute atomic E-state index is 0.00934. The number of benzene rings is 1. The molecule has 1 aromatic carbocycles. The molecule has 21 heavy (non-hydrogen) atoms. The molecular weight excluding hydrogens is 276 g/mol. The number of nitro benzene ring substituents is 1. The monoisotopic (exact) mass is 296 g/mol. The topological polar surface area (TPSA) is 81.9 Å². The van der Waals surface area contributed by atoms with E-state index in [1.54, 1.807) is 37.3 Å². The SMILES string of the molecule is COCCN(CCOC)C(=O)Cc1ccccc1[N+](=O)[O-]. The smallest absolute Gasteiger partial charge is 0.273 e. The molecule has 0 radical (unpaired) electrons. The first-order valence-corrected chi connectivity index (χ1v) is 6.58. The van der Waals surface area contributed by atoms with E-state index < -0.39 is 4.92 Å². The average molecular weight is 296 g/mol. The number of nitrogens with zero attached hydrogens (tertiary/aromatic N) is 2. The van der Waals surface area contributed by atoms with E-state index in [-0.39, 0.29) is 18.0 Å². The number of carbonyl (C=O) groups excluding carboxylic acids is 1. The zero-order valence-electron chi connectivity index (χ0n) is 12.3. The lowest BCUT2D eigenvalue weighted by Gasteiger charge is -2.22. The van der Waals surface area contributed by atoms with Gasteiger partial charge in [-0.05, 0) is 0 Å². The average Bonchev–Trinajstić information content (AvgIpc) is 2.47. The van der Waals surface area contributed by atoms with Gasteiger partial charge < -0.3 is 14.4 Å². The van der Waals surface area contributed by atoms with Gasteiger partial charge in [0.1, 0.15) is 0 Å². The summed E-state index contributed by atoms with van der Waals surface area (Å²) < 4.78 is 9.94. The number of methoxy groups -OCH3 is 2. The maximum Gasteiger partial charge on any atom is 0.273 e. The van der Waals surface area contributed by atoms with Crippen molar-refractivity contribution in [1.29, 1.82) is 0 Å². The Morgan fingerprint density at radius 3 is 2.29 bits per heavy atom. The Morgan fingerprint density at radius 2 is 1.76 bits per heavy atom. The van der Waals surface area contributed by atoms with Gasteiger partial charge in [-0.25, -0.2) is 0 Å². The quantitative estimate of drug-likeness (QED) is 0.506. The van der Waals surface area contributed by atoms with Crippen LogP contribution >= 0.6 is 0 Å². The second-order valence-corrected chi connectivity index (χ2v) is 4.43. The van der Waals surface area contributed by atoms with E-state index in [2.05, 4.69) is 0 Å². The summed E-state index contributed by atoms with van der Waals surface area (Å²) >= 11 is 0. The van der Waals surface area contributed by atoms with E-state index in [1.807, 2.05) is 0 Å². The Bertz CT molecular complexity index is 470. The van der Waals surface area contributed by atoms with Crippen molar-refractivity contribution < 1.29 is 19.2 Å². The molecule has 0 N–H and O–H groups in total. The van der Waals surface area contributed by atoms with Gasteiger partial charge in [-0.2, -0.15) is 0 Å². The first-order chi connectivity index (χ1) is 10.1. The van der Waals surface area contributed by atoms with Gasteiger partial charge in [-0.1, -0.05) is 18.2 Å². The minimum atomic E-state index is -0.475.